The molecule has 0 bridgehead atoms. The Hall–Kier alpha value is -1.01. The van der Waals surface area contributed by atoms with E-state index >= 15 is 0 Å². The zero-order valence-corrected chi connectivity index (χ0v) is 13.2. The topological polar surface area (TPSA) is 54.9 Å². The second-order valence-corrected chi connectivity index (χ2v) is 5.56. The van der Waals surface area contributed by atoms with Crippen LogP contribution in [0.25, 0.3) is 0 Å². The smallest absolute Gasteiger partial charge is 0.260 e. The molecule has 0 spiro atoms. The fourth-order valence-corrected chi connectivity index (χ4v) is 2.49. The van der Waals surface area contributed by atoms with Crippen LogP contribution in [0.5, 0.6) is 0 Å². The van der Waals surface area contributed by atoms with Crippen molar-refractivity contribution in [3.63, 3.8) is 0 Å². The fraction of sp³-hybridized carbons (Fsp3) is 0.0833. The molecule has 1 heterocycles. The first-order chi connectivity index (χ1) is 9.52. The van der Waals surface area contributed by atoms with Crippen LogP contribution in [0.1, 0.15) is 10.4 Å². The molecular formula is C12H8Cl3N3OS. The molecule has 20 heavy (non-hydrogen) atoms. The van der Waals surface area contributed by atoms with Crippen LogP contribution >= 0.6 is 46.6 Å². The molecule has 104 valence electrons. The van der Waals surface area contributed by atoms with Gasteiger partial charge in [-0.05, 0) is 18.4 Å². The van der Waals surface area contributed by atoms with E-state index in [1.165, 1.54) is 18.0 Å². The van der Waals surface area contributed by atoms with Gasteiger partial charge in [0, 0.05) is 6.20 Å². The van der Waals surface area contributed by atoms with E-state index in [1.807, 2.05) is 6.26 Å². The maximum Gasteiger partial charge on any atom is 0.260 e. The molecule has 1 aromatic heterocycles. The second kappa shape index (κ2) is 6.63. The van der Waals surface area contributed by atoms with E-state index < -0.39 is 5.91 Å². The molecule has 0 aliphatic rings. The predicted molar refractivity (Wildman–Crippen MR) is 83.2 cm³/mol. The van der Waals surface area contributed by atoms with Crippen LogP contribution in [0.15, 0.2) is 29.6 Å². The van der Waals surface area contributed by atoms with Crippen molar-refractivity contribution in [2.75, 3.05) is 11.6 Å². The summed E-state index contributed by atoms with van der Waals surface area (Å²) in [6, 6.07) is 4.93. The van der Waals surface area contributed by atoms with E-state index in [0.717, 1.165) is 0 Å². The molecule has 0 radical (unpaired) electrons. The van der Waals surface area contributed by atoms with Gasteiger partial charge in [0.1, 0.15) is 5.15 Å². The highest BCUT2D eigenvalue weighted by molar-refractivity contribution is 7.98. The van der Waals surface area contributed by atoms with Crippen molar-refractivity contribution >= 4 is 58.2 Å². The third kappa shape index (κ3) is 3.35. The summed E-state index contributed by atoms with van der Waals surface area (Å²) in [5.74, 6) is -0.474. The lowest BCUT2D eigenvalue weighted by atomic mass is 10.2. The minimum absolute atomic E-state index is 0.0741. The summed E-state index contributed by atoms with van der Waals surface area (Å²) in [5.41, 5.74) is 0.478. The Morgan fingerprint density at radius 1 is 1.25 bits per heavy atom. The van der Waals surface area contributed by atoms with Gasteiger partial charge < -0.3 is 5.32 Å². The summed E-state index contributed by atoms with van der Waals surface area (Å²) in [6.07, 6.45) is 3.18. The van der Waals surface area contributed by atoms with Crippen LogP contribution in [0.2, 0.25) is 15.2 Å². The molecule has 2 aromatic rings. The van der Waals surface area contributed by atoms with Crippen LogP contribution in [-0.2, 0) is 0 Å². The number of nitrogens with zero attached hydrogens (tertiary/aromatic N) is 2. The maximum absolute atomic E-state index is 12.1. The largest absolute Gasteiger partial charge is 0.319 e. The molecule has 0 unspecified atom stereocenters. The number of para-hydroxylation sites is 1. The van der Waals surface area contributed by atoms with E-state index in [9.17, 15) is 4.79 Å². The SMILES string of the molecule is CSc1ncc(C(=O)Nc2c(Cl)cccc2Cl)c(Cl)n1. The van der Waals surface area contributed by atoms with E-state index in [-0.39, 0.29) is 10.7 Å². The minimum Gasteiger partial charge on any atom is -0.319 e. The van der Waals surface area contributed by atoms with Crippen molar-refractivity contribution < 1.29 is 4.79 Å². The van der Waals surface area contributed by atoms with E-state index in [2.05, 4.69) is 15.3 Å². The zero-order chi connectivity index (χ0) is 14.7. The summed E-state index contributed by atoms with van der Waals surface area (Å²) in [5, 5.41) is 3.83. The molecule has 0 atom stereocenters. The Balaban J connectivity index is 2.29. The molecule has 2 rings (SSSR count). The highest BCUT2D eigenvalue weighted by Crippen LogP contribution is 2.30. The number of carbonyl (C=O) groups excluding carboxylic acids is 1. The van der Waals surface area contributed by atoms with Gasteiger partial charge in [-0.25, -0.2) is 9.97 Å². The summed E-state index contributed by atoms with van der Waals surface area (Å²) in [4.78, 5) is 20.1. The molecule has 0 saturated heterocycles. The number of rotatable bonds is 3. The van der Waals surface area contributed by atoms with Crippen LogP contribution < -0.4 is 5.32 Å². The van der Waals surface area contributed by atoms with E-state index in [0.29, 0.717) is 20.9 Å². The van der Waals surface area contributed by atoms with Gasteiger partial charge in [-0.3, -0.25) is 4.79 Å². The molecule has 0 saturated carbocycles. The zero-order valence-electron chi connectivity index (χ0n) is 10.2. The number of benzene rings is 1. The summed E-state index contributed by atoms with van der Waals surface area (Å²) in [7, 11) is 0. The number of anilines is 1. The fourth-order valence-electron chi connectivity index (χ4n) is 1.39. The number of hydrogen-bond acceptors (Lipinski definition) is 4. The number of amides is 1. The Morgan fingerprint density at radius 2 is 1.90 bits per heavy atom. The van der Waals surface area contributed by atoms with Crippen LogP contribution in [0.4, 0.5) is 5.69 Å². The molecule has 0 fully saturated rings. The molecule has 1 aromatic carbocycles. The van der Waals surface area contributed by atoms with Gasteiger partial charge in [0.15, 0.2) is 5.16 Å². The van der Waals surface area contributed by atoms with Crippen molar-refractivity contribution in [1.82, 2.24) is 9.97 Å². The summed E-state index contributed by atoms with van der Waals surface area (Å²) >= 11 is 19.3. The Labute approximate surface area is 134 Å². The van der Waals surface area contributed by atoms with Gasteiger partial charge in [0.25, 0.3) is 5.91 Å². The molecule has 0 aliphatic heterocycles. The van der Waals surface area contributed by atoms with Gasteiger partial charge in [-0.1, -0.05) is 52.6 Å². The standard InChI is InChI=1S/C12H8Cl3N3OS/c1-20-12-16-5-6(10(15)18-12)11(19)17-9-7(13)3-2-4-8(9)14/h2-5H,1H3,(H,17,19). The van der Waals surface area contributed by atoms with Crippen LogP contribution in [-0.4, -0.2) is 22.1 Å². The minimum atomic E-state index is -0.474. The van der Waals surface area contributed by atoms with Gasteiger partial charge >= 0.3 is 0 Å². The van der Waals surface area contributed by atoms with Crippen molar-refractivity contribution in [2.24, 2.45) is 0 Å². The number of thioether (sulfide) groups is 1. The maximum atomic E-state index is 12.1. The first-order valence-corrected chi connectivity index (χ1v) is 7.70. The number of nitrogens with one attached hydrogen (secondary N) is 1. The second-order valence-electron chi connectivity index (χ2n) is 3.61. The number of hydrogen-bond donors (Lipinski definition) is 1. The summed E-state index contributed by atoms with van der Waals surface area (Å²) in [6.45, 7) is 0. The monoisotopic (exact) mass is 347 g/mol. The number of carbonyl (C=O) groups is 1. The average molecular weight is 349 g/mol. The van der Waals surface area contributed by atoms with E-state index in [1.54, 1.807) is 18.2 Å². The molecule has 0 aliphatic carbocycles. The average Bonchev–Trinajstić information content (AvgIpc) is 2.42. The lowest BCUT2D eigenvalue weighted by Gasteiger charge is -2.09. The predicted octanol–water partition coefficient (Wildman–Crippen LogP) is 4.41. The van der Waals surface area contributed by atoms with Crippen LogP contribution in [0, 0.1) is 0 Å². The van der Waals surface area contributed by atoms with E-state index in [4.69, 9.17) is 34.8 Å². The van der Waals surface area contributed by atoms with Gasteiger partial charge in [-0.15, -0.1) is 0 Å². The normalized spacial score (nSPS) is 10.4. The van der Waals surface area contributed by atoms with Gasteiger partial charge in [0.2, 0.25) is 0 Å². The number of aromatic nitrogens is 2. The number of halogens is 3. The lowest BCUT2D eigenvalue weighted by Crippen LogP contribution is -2.14. The third-order valence-electron chi connectivity index (χ3n) is 2.35. The Bertz CT molecular complexity index is 646. The first kappa shape index (κ1) is 15.4. The molecule has 4 nitrogen and oxygen atoms in total. The Morgan fingerprint density at radius 3 is 2.45 bits per heavy atom. The van der Waals surface area contributed by atoms with Crippen molar-refractivity contribution in [2.45, 2.75) is 5.16 Å². The van der Waals surface area contributed by atoms with Gasteiger partial charge in [-0.2, -0.15) is 0 Å². The van der Waals surface area contributed by atoms with Crippen molar-refractivity contribution in [3.8, 4) is 0 Å². The quantitative estimate of drug-likeness (QED) is 0.507. The molecule has 1 N–H and O–H groups in total. The first-order valence-electron chi connectivity index (χ1n) is 5.35. The molecule has 8 heteroatoms. The van der Waals surface area contributed by atoms with Crippen molar-refractivity contribution in [3.05, 3.63) is 45.2 Å². The lowest BCUT2D eigenvalue weighted by molar-refractivity contribution is 0.102. The van der Waals surface area contributed by atoms with Crippen molar-refractivity contribution in [1.29, 1.82) is 0 Å². The third-order valence-corrected chi connectivity index (χ3v) is 3.83. The molecular weight excluding hydrogens is 341 g/mol. The Kier molecular flexibility index (Phi) is 5.10. The van der Waals surface area contributed by atoms with Gasteiger partial charge in [0.05, 0.1) is 21.3 Å². The summed E-state index contributed by atoms with van der Waals surface area (Å²) < 4.78 is 0. The van der Waals surface area contributed by atoms with Crippen LogP contribution in [0.3, 0.4) is 0 Å². The highest BCUT2D eigenvalue weighted by atomic mass is 35.5. The molecule has 1 amide bonds. The highest BCUT2D eigenvalue weighted by Gasteiger charge is 2.16.